The van der Waals surface area contributed by atoms with Crippen LogP contribution in [0.2, 0.25) is 5.02 Å². The average molecular weight is 503 g/mol. The van der Waals surface area contributed by atoms with E-state index in [9.17, 15) is 14.4 Å². The minimum atomic E-state index is -0.578. The number of thioether (sulfide) groups is 1. The van der Waals surface area contributed by atoms with Crippen LogP contribution in [0.5, 0.6) is 17.2 Å². The van der Waals surface area contributed by atoms with E-state index in [1.807, 2.05) is 6.92 Å². The van der Waals surface area contributed by atoms with Gasteiger partial charge in [0, 0.05) is 0 Å². The fourth-order valence-electron chi connectivity index (χ4n) is 3.09. The molecule has 34 heavy (non-hydrogen) atoms. The number of hydrogen-bond acceptors (Lipinski definition) is 7. The Hall–Kier alpha value is -3.43. The van der Waals surface area contributed by atoms with Crippen molar-refractivity contribution < 1.29 is 28.6 Å². The first-order valence-electron chi connectivity index (χ1n) is 10.3. The van der Waals surface area contributed by atoms with Crippen LogP contribution in [0.4, 0.5) is 10.5 Å². The van der Waals surface area contributed by atoms with Gasteiger partial charge in [-0.25, -0.2) is 0 Å². The van der Waals surface area contributed by atoms with E-state index in [0.29, 0.717) is 35.1 Å². The number of hydrogen-bond donors (Lipinski definition) is 1. The number of nitrogens with zero attached hydrogens (tertiary/aromatic N) is 1. The molecule has 178 valence electrons. The summed E-state index contributed by atoms with van der Waals surface area (Å²) in [5.41, 5.74) is 0.984. The van der Waals surface area contributed by atoms with Crippen molar-refractivity contribution in [3.8, 4) is 17.2 Å². The van der Waals surface area contributed by atoms with E-state index in [4.69, 9.17) is 25.8 Å². The van der Waals surface area contributed by atoms with Gasteiger partial charge in [-0.15, -0.1) is 0 Å². The fraction of sp³-hybridized carbons (Fsp3) is 0.208. The van der Waals surface area contributed by atoms with Gasteiger partial charge in [-0.2, -0.15) is 0 Å². The average Bonchev–Trinajstić information content (AvgIpc) is 3.06. The number of imide groups is 1. The van der Waals surface area contributed by atoms with Crippen LogP contribution in [-0.2, 0) is 9.59 Å². The van der Waals surface area contributed by atoms with Crippen molar-refractivity contribution in [1.82, 2.24) is 4.90 Å². The molecule has 0 bridgehead atoms. The molecule has 2 aromatic carbocycles. The van der Waals surface area contributed by atoms with Crippen LogP contribution in [0.1, 0.15) is 12.5 Å². The van der Waals surface area contributed by atoms with Crippen molar-refractivity contribution in [2.24, 2.45) is 0 Å². The first-order chi connectivity index (χ1) is 16.4. The van der Waals surface area contributed by atoms with E-state index >= 15 is 0 Å². The lowest BCUT2D eigenvalue weighted by atomic mass is 10.1. The van der Waals surface area contributed by atoms with Crippen LogP contribution in [-0.4, -0.2) is 48.8 Å². The normalized spacial score (nSPS) is 14.3. The topological polar surface area (TPSA) is 94.2 Å². The molecule has 0 saturated carbocycles. The molecule has 0 atom stereocenters. The molecule has 1 saturated heterocycles. The van der Waals surface area contributed by atoms with E-state index in [1.54, 1.807) is 42.5 Å². The molecule has 1 aliphatic rings. The number of halogens is 1. The van der Waals surface area contributed by atoms with Gasteiger partial charge in [-0.05, 0) is 54.6 Å². The van der Waals surface area contributed by atoms with Gasteiger partial charge >= 0.3 is 0 Å². The second-order valence-electron chi connectivity index (χ2n) is 6.88. The van der Waals surface area contributed by atoms with Gasteiger partial charge in [0.15, 0.2) is 11.5 Å². The summed E-state index contributed by atoms with van der Waals surface area (Å²) in [6, 6.07) is 10.1. The molecular weight excluding hydrogens is 480 g/mol. The monoisotopic (exact) mass is 502 g/mol. The molecule has 0 unspecified atom stereocenters. The van der Waals surface area contributed by atoms with Crippen LogP contribution in [0.25, 0.3) is 6.08 Å². The number of anilines is 1. The highest BCUT2D eigenvalue weighted by molar-refractivity contribution is 8.18. The molecule has 2 aromatic rings. The molecule has 3 amide bonds. The highest BCUT2D eigenvalue weighted by Crippen LogP contribution is 2.39. The molecule has 0 aliphatic carbocycles. The number of nitrogens with one attached hydrogen (secondary N) is 1. The van der Waals surface area contributed by atoms with Gasteiger partial charge in [0.05, 0.1) is 29.3 Å². The Morgan fingerprint density at radius 2 is 1.97 bits per heavy atom. The van der Waals surface area contributed by atoms with Gasteiger partial charge in [-0.1, -0.05) is 36.4 Å². The van der Waals surface area contributed by atoms with Crippen LogP contribution in [0.3, 0.4) is 0 Å². The Kier molecular flexibility index (Phi) is 8.61. The molecule has 1 aliphatic heterocycles. The van der Waals surface area contributed by atoms with Gasteiger partial charge < -0.3 is 19.5 Å². The molecule has 0 aromatic heterocycles. The van der Waals surface area contributed by atoms with Crippen molar-refractivity contribution in [2.75, 3.05) is 32.2 Å². The lowest BCUT2D eigenvalue weighted by Crippen LogP contribution is -2.36. The van der Waals surface area contributed by atoms with Crippen LogP contribution < -0.4 is 19.5 Å². The molecule has 1 N–H and O–H groups in total. The Bertz CT molecular complexity index is 1150. The van der Waals surface area contributed by atoms with Crippen LogP contribution in [0, 0.1) is 0 Å². The molecule has 1 heterocycles. The van der Waals surface area contributed by atoms with Crippen molar-refractivity contribution in [3.05, 3.63) is 64.5 Å². The molecule has 8 nitrogen and oxygen atoms in total. The third-order valence-electron chi connectivity index (χ3n) is 4.53. The Morgan fingerprint density at radius 3 is 2.68 bits per heavy atom. The standard InChI is InChI=1S/C24H23ClN2O6S/c1-4-10-33-22-16(25)11-15(12-19(22)32-5-2)13-20-23(29)27(24(30)34-20)14-21(28)26-17-8-6-7-9-18(17)31-3/h4,6-9,11-13H,1,5,10,14H2,2-3H3,(H,26,28)/b20-13+. The Balaban J connectivity index is 1.77. The molecular formula is C24H23ClN2O6S. The molecule has 0 spiro atoms. The second-order valence-corrected chi connectivity index (χ2v) is 8.28. The summed E-state index contributed by atoms with van der Waals surface area (Å²) < 4.78 is 16.4. The SMILES string of the molecule is C=CCOc1c(Cl)cc(/C=C2/SC(=O)N(CC(=O)Nc3ccccc3OC)C2=O)cc1OCC. The number of amides is 3. The number of carbonyl (C=O) groups excluding carboxylic acids is 3. The Morgan fingerprint density at radius 1 is 1.21 bits per heavy atom. The van der Waals surface area contributed by atoms with Crippen LogP contribution in [0.15, 0.2) is 54.0 Å². The maximum Gasteiger partial charge on any atom is 0.294 e. The predicted octanol–water partition coefficient (Wildman–Crippen LogP) is 4.99. The number of para-hydroxylation sites is 2. The van der Waals surface area contributed by atoms with Crippen LogP contribution >= 0.6 is 23.4 Å². The predicted molar refractivity (Wildman–Crippen MR) is 133 cm³/mol. The third-order valence-corrected chi connectivity index (χ3v) is 5.72. The summed E-state index contributed by atoms with van der Waals surface area (Å²) >= 11 is 7.10. The maximum absolute atomic E-state index is 12.8. The second kappa shape index (κ2) is 11.6. The van der Waals surface area contributed by atoms with Gasteiger partial charge in [0.25, 0.3) is 11.1 Å². The molecule has 10 heteroatoms. The van der Waals surface area contributed by atoms with E-state index in [-0.39, 0.29) is 16.5 Å². The number of benzene rings is 2. The smallest absolute Gasteiger partial charge is 0.294 e. The van der Waals surface area contributed by atoms with Crippen molar-refractivity contribution >= 4 is 52.2 Å². The molecule has 0 radical (unpaired) electrons. The largest absolute Gasteiger partial charge is 0.495 e. The zero-order valence-electron chi connectivity index (χ0n) is 18.6. The summed E-state index contributed by atoms with van der Waals surface area (Å²) in [7, 11) is 1.48. The number of carbonyl (C=O) groups is 3. The Labute approximate surface area is 206 Å². The lowest BCUT2D eigenvalue weighted by molar-refractivity contribution is -0.127. The maximum atomic E-state index is 12.8. The zero-order valence-corrected chi connectivity index (χ0v) is 20.2. The number of ether oxygens (including phenoxy) is 3. The summed E-state index contributed by atoms with van der Waals surface area (Å²) in [6.45, 7) is 5.62. The van der Waals surface area contributed by atoms with Crippen molar-refractivity contribution in [3.63, 3.8) is 0 Å². The zero-order chi connectivity index (χ0) is 24.7. The highest BCUT2D eigenvalue weighted by atomic mass is 35.5. The molecule has 1 fully saturated rings. The van der Waals surface area contributed by atoms with E-state index in [0.717, 1.165) is 16.7 Å². The minimum Gasteiger partial charge on any atom is -0.495 e. The first-order valence-corrected chi connectivity index (χ1v) is 11.5. The lowest BCUT2D eigenvalue weighted by Gasteiger charge is -2.14. The third kappa shape index (κ3) is 5.92. The van der Waals surface area contributed by atoms with E-state index in [2.05, 4.69) is 11.9 Å². The van der Waals surface area contributed by atoms with Gasteiger partial charge in [0.1, 0.15) is 18.9 Å². The summed E-state index contributed by atoms with van der Waals surface area (Å²) in [6.07, 6.45) is 3.11. The number of rotatable bonds is 10. The summed E-state index contributed by atoms with van der Waals surface area (Å²) in [4.78, 5) is 38.8. The first kappa shape index (κ1) is 25.2. The molecule has 3 rings (SSSR count). The van der Waals surface area contributed by atoms with Gasteiger partial charge in [0.2, 0.25) is 5.91 Å². The summed E-state index contributed by atoms with van der Waals surface area (Å²) in [5.74, 6) is 0.122. The van der Waals surface area contributed by atoms with Gasteiger partial charge in [-0.3, -0.25) is 19.3 Å². The minimum absolute atomic E-state index is 0.161. The summed E-state index contributed by atoms with van der Waals surface area (Å²) in [5, 5.41) is 2.39. The number of methoxy groups -OCH3 is 1. The van der Waals surface area contributed by atoms with E-state index < -0.39 is 23.6 Å². The van der Waals surface area contributed by atoms with E-state index in [1.165, 1.54) is 13.2 Å². The highest BCUT2D eigenvalue weighted by Gasteiger charge is 2.36. The van der Waals surface area contributed by atoms with Crippen molar-refractivity contribution in [2.45, 2.75) is 6.92 Å². The fourth-order valence-corrected chi connectivity index (χ4v) is 4.20. The van der Waals surface area contributed by atoms with Crippen molar-refractivity contribution in [1.29, 1.82) is 0 Å². The quantitative estimate of drug-likeness (QED) is 0.361.